The van der Waals surface area contributed by atoms with E-state index in [1.807, 2.05) is 0 Å². The van der Waals surface area contributed by atoms with Gasteiger partial charge in [-0.1, -0.05) is 58.4 Å². The van der Waals surface area contributed by atoms with Gasteiger partial charge in [-0.2, -0.15) is 0 Å². The molecule has 1 aliphatic heterocycles. The number of nitrogens with zero attached hydrogens (tertiary/aromatic N) is 1. The number of halogens is 1. The van der Waals surface area contributed by atoms with Gasteiger partial charge in [0.1, 0.15) is 0 Å². The van der Waals surface area contributed by atoms with Crippen LogP contribution in [0.25, 0.3) is 0 Å². The van der Waals surface area contributed by atoms with Gasteiger partial charge in [0.15, 0.2) is 0 Å². The summed E-state index contributed by atoms with van der Waals surface area (Å²) in [5.41, 5.74) is 2.62. The molecular formula is C18H20BrNO. The molecule has 0 saturated carbocycles. The first-order chi connectivity index (χ1) is 10.2. The van der Waals surface area contributed by atoms with Crippen molar-refractivity contribution in [2.24, 2.45) is 0 Å². The molecule has 0 aromatic heterocycles. The van der Waals surface area contributed by atoms with Gasteiger partial charge >= 0.3 is 0 Å². The molecule has 2 nitrogen and oxygen atoms in total. The largest absolute Gasteiger partial charge is 0.371 e. The lowest BCUT2D eigenvalue weighted by Gasteiger charge is -2.37. The van der Waals surface area contributed by atoms with Gasteiger partial charge in [0.05, 0.1) is 12.7 Å². The molecule has 0 N–H and O–H groups in total. The Balaban J connectivity index is 1.72. The number of ether oxygens (including phenoxy) is 1. The van der Waals surface area contributed by atoms with Crippen LogP contribution < -0.4 is 0 Å². The maximum atomic E-state index is 5.96. The first kappa shape index (κ1) is 14.8. The van der Waals surface area contributed by atoms with Crippen molar-refractivity contribution in [1.82, 2.24) is 4.90 Å². The van der Waals surface area contributed by atoms with E-state index in [0.717, 1.165) is 24.2 Å². The smallest absolute Gasteiger partial charge is 0.0952 e. The summed E-state index contributed by atoms with van der Waals surface area (Å²) in [6.45, 7) is 5.00. The fourth-order valence-electron chi connectivity index (χ4n) is 2.84. The number of hydrogen-bond donors (Lipinski definition) is 0. The van der Waals surface area contributed by atoms with Gasteiger partial charge in [0.25, 0.3) is 0 Å². The Bertz CT molecular complexity index is 570. The van der Waals surface area contributed by atoms with Crippen molar-refractivity contribution in [3.8, 4) is 0 Å². The van der Waals surface area contributed by atoms with Gasteiger partial charge in [0.2, 0.25) is 0 Å². The van der Waals surface area contributed by atoms with Crippen LogP contribution in [0.2, 0.25) is 0 Å². The summed E-state index contributed by atoms with van der Waals surface area (Å²) >= 11 is 3.48. The highest BCUT2D eigenvalue weighted by molar-refractivity contribution is 9.10. The Morgan fingerprint density at radius 3 is 2.52 bits per heavy atom. The lowest BCUT2D eigenvalue weighted by Crippen LogP contribution is -2.39. The summed E-state index contributed by atoms with van der Waals surface area (Å²) in [5.74, 6) is 0. The third-order valence-electron chi connectivity index (χ3n) is 4.17. The maximum Gasteiger partial charge on any atom is 0.0952 e. The van der Waals surface area contributed by atoms with Crippen LogP contribution in [0.15, 0.2) is 59.1 Å². The minimum Gasteiger partial charge on any atom is -0.371 e. The van der Waals surface area contributed by atoms with Crippen LogP contribution in [0.5, 0.6) is 0 Å². The van der Waals surface area contributed by atoms with E-state index in [4.69, 9.17) is 4.74 Å². The molecule has 2 aromatic carbocycles. The van der Waals surface area contributed by atoms with Crippen molar-refractivity contribution in [2.45, 2.75) is 19.1 Å². The van der Waals surface area contributed by atoms with Crippen molar-refractivity contribution < 1.29 is 4.74 Å². The third-order valence-corrected chi connectivity index (χ3v) is 4.70. The average Bonchev–Trinajstić information content (AvgIpc) is 2.56. The lowest BCUT2D eigenvalue weighted by molar-refractivity contribution is -0.0431. The van der Waals surface area contributed by atoms with Crippen molar-refractivity contribution >= 4 is 15.9 Å². The van der Waals surface area contributed by atoms with E-state index in [-0.39, 0.29) is 6.10 Å². The van der Waals surface area contributed by atoms with Gasteiger partial charge in [-0.15, -0.1) is 0 Å². The van der Waals surface area contributed by atoms with Crippen LogP contribution in [-0.4, -0.2) is 24.6 Å². The third kappa shape index (κ3) is 3.54. The molecule has 1 fully saturated rings. The molecule has 3 heteroatoms. The van der Waals surface area contributed by atoms with Crippen LogP contribution >= 0.6 is 15.9 Å². The van der Waals surface area contributed by atoms with E-state index in [0.29, 0.717) is 6.04 Å². The molecule has 3 rings (SSSR count). The van der Waals surface area contributed by atoms with E-state index in [1.54, 1.807) is 0 Å². The number of benzene rings is 2. The average molecular weight is 346 g/mol. The molecule has 2 atom stereocenters. The fourth-order valence-corrected chi connectivity index (χ4v) is 3.11. The van der Waals surface area contributed by atoms with Crippen molar-refractivity contribution in [3.05, 3.63) is 70.2 Å². The zero-order valence-electron chi connectivity index (χ0n) is 12.2. The first-order valence-corrected chi connectivity index (χ1v) is 8.19. The molecule has 110 valence electrons. The van der Waals surface area contributed by atoms with Gasteiger partial charge in [-0.05, 0) is 30.2 Å². The minimum atomic E-state index is 0.165. The van der Waals surface area contributed by atoms with Gasteiger partial charge in [-0.25, -0.2) is 0 Å². The maximum absolute atomic E-state index is 5.96. The van der Waals surface area contributed by atoms with E-state index in [2.05, 4.69) is 82.4 Å². The van der Waals surface area contributed by atoms with Gasteiger partial charge < -0.3 is 4.74 Å². The van der Waals surface area contributed by atoms with E-state index < -0.39 is 0 Å². The van der Waals surface area contributed by atoms with E-state index in [9.17, 15) is 0 Å². The Kier molecular flexibility index (Phi) is 4.73. The zero-order valence-corrected chi connectivity index (χ0v) is 13.8. The Labute approximate surface area is 134 Å². The molecule has 1 aliphatic rings. The van der Waals surface area contributed by atoms with Gasteiger partial charge in [0, 0.05) is 23.6 Å². The normalized spacial score (nSPS) is 21.1. The second-order valence-electron chi connectivity index (χ2n) is 5.49. The van der Waals surface area contributed by atoms with Gasteiger partial charge in [-0.3, -0.25) is 4.90 Å². The zero-order chi connectivity index (χ0) is 14.7. The summed E-state index contributed by atoms with van der Waals surface area (Å²) in [6, 6.07) is 19.6. The number of morpholine rings is 1. The highest BCUT2D eigenvalue weighted by Crippen LogP contribution is 2.29. The van der Waals surface area contributed by atoms with Crippen LogP contribution in [0.3, 0.4) is 0 Å². The van der Waals surface area contributed by atoms with Crippen LogP contribution in [-0.2, 0) is 4.74 Å². The quantitative estimate of drug-likeness (QED) is 0.806. The molecule has 0 spiro atoms. The second kappa shape index (κ2) is 6.73. The molecule has 0 bridgehead atoms. The first-order valence-electron chi connectivity index (χ1n) is 7.40. The molecule has 2 aromatic rings. The van der Waals surface area contributed by atoms with E-state index in [1.165, 1.54) is 11.1 Å². The number of rotatable bonds is 3. The van der Waals surface area contributed by atoms with Crippen LogP contribution in [0.1, 0.15) is 30.2 Å². The molecule has 0 aliphatic carbocycles. The molecule has 21 heavy (non-hydrogen) atoms. The summed E-state index contributed by atoms with van der Waals surface area (Å²) in [4.78, 5) is 2.51. The van der Waals surface area contributed by atoms with Crippen LogP contribution in [0, 0.1) is 0 Å². The second-order valence-corrected chi connectivity index (χ2v) is 6.41. The SMILES string of the molecule is C[C@H](c1ccccc1)N1CCO[C@H](c2ccc(Br)cc2)C1. The van der Waals surface area contributed by atoms with Crippen LogP contribution in [0.4, 0.5) is 0 Å². The Hall–Kier alpha value is -1.16. The Morgan fingerprint density at radius 1 is 1.10 bits per heavy atom. The van der Waals surface area contributed by atoms with Crippen molar-refractivity contribution in [1.29, 1.82) is 0 Å². The monoisotopic (exact) mass is 345 g/mol. The molecule has 0 amide bonds. The highest BCUT2D eigenvalue weighted by atomic mass is 79.9. The predicted octanol–water partition coefficient (Wildman–Crippen LogP) is 4.58. The molecule has 1 heterocycles. The standard InChI is InChI=1S/C18H20BrNO/c1-14(15-5-3-2-4-6-15)20-11-12-21-18(13-20)16-7-9-17(19)10-8-16/h2-10,14,18H,11-13H2,1H3/t14-,18+/m1/s1. The summed E-state index contributed by atoms with van der Waals surface area (Å²) in [6.07, 6.45) is 0.165. The van der Waals surface area contributed by atoms with Crippen molar-refractivity contribution in [2.75, 3.05) is 19.7 Å². The van der Waals surface area contributed by atoms with E-state index >= 15 is 0 Å². The summed E-state index contributed by atoms with van der Waals surface area (Å²) in [7, 11) is 0. The number of hydrogen-bond acceptors (Lipinski definition) is 2. The molecule has 0 radical (unpaired) electrons. The summed E-state index contributed by atoms with van der Waals surface area (Å²) < 4.78 is 7.07. The Morgan fingerprint density at radius 2 is 1.81 bits per heavy atom. The summed E-state index contributed by atoms with van der Waals surface area (Å²) in [5, 5.41) is 0. The topological polar surface area (TPSA) is 12.5 Å². The fraction of sp³-hybridized carbons (Fsp3) is 0.333. The van der Waals surface area contributed by atoms with Crippen molar-refractivity contribution in [3.63, 3.8) is 0 Å². The molecular weight excluding hydrogens is 326 g/mol. The minimum absolute atomic E-state index is 0.165. The molecule has 0 unspecified atom stereocenters. The predicted molar refractivity (Wildman–Crippen MR) is 89.3 cm³/mol. The molecule has 1 saturated heterocycles. The highest BCUT2D eigenvalue weighted by Gasteiger charge is 2.25. The lowest BCUT2D eigenvalue weighted by atomic mass is 10.0.